The number of aryl methyl sites for hydroxylation is 1. The molecule has 1 amide bonds. The number of sulfone groups is 1. The molecule has 30 heavy (non-hydrogen) atoms. The number of ether oxygens (including phenoxy) is 1. The van der Waals surface area contributed by atoms with Crippen molar-refractivity contribution in [3.8, 4) is 5.75 Å². The minimum Gasteiger partial charge on any atom is -0.492 e. The average Bonchev–Trinajstić information content (AvgIpc) is 2.71. The monoisotopic (exact) mass is 427 g/mol. The second-order valence-corrected chi connectivity index (χ2v) is 8.36. The molecule has 0 saturated heterocycles. The number of anilines is 1. The summed E-state index contributed by atoms with van der Waals surface area (Å²) in [4.78, 5) is 24.7. The van der Waals surface area contributed by atoms with Crippen LogP contribution in [0.15, 0.2) is 75.4 Å². The Labute approximate surface area is 174 Å². The van der Waals surface area contributed by atoms with E-state index in [-0.39, 0.29) is 9.92 Å². The van der Waals surface area contributed by atoms with Gasteiger partial charge in [0.15, 0.2) is 5.03 Å². The molecule has 3 rings (SSSR count). The van der Waals surface area contributed by atoms with Crippen molar-refractivity contribution in [3.05, 3.63) is 76.6 Å². The van der Waals surface area contributed by atoms with Crippen LogP contribution in [0.25, 0.3) is 0 Å². The first kappa shape index (κ1) is 21.3. The predicted molar refractivity (Wildman–Crippen MR) is 111 cm³/mol. The molecule has 3 aromatic rings. The fourth-order valence-electron chi connectivity index (χ4n) is 2.77. The highest BCUT2D eigenvalue weighted by Crippen LogP contribution is 2.23. The lowest BCUT2D eigenvalue weighted by Crippen LogP contribution is -2.30. The number of benzene rings is 2. The van der Waals surface area contributed by atoms with Crippen molar-refractivity contribution in [2.24, 2.45) is 0 Å². The molecule has 0 saturated carbocycles. The first-order valence-electron chi connectivity index (χ1n) is 9.23. The lowest BCUT2D eigenvalue weighted by atomic mass is 10.2. The number of hydrogen-bond donors (Lipinski definition) is 1. The SMILES string of the molecule is CCOc1ccccc1NC(=O)Cn1nc(S(=O)(=O)c2cccc(C)c2)ccc1=O. The normalized spacial score (nSPS) is 11.1. The van der Waals surface area contributed by atoms with Gasteiger partial charge < -0.3 is 10.1 Å². The summed E-state index contributed by atoms with van der Waals surface area (Å²) >= 11 is 0. The summed E-state index contributed by atoms with van der Waals surface area (Å²) in [6.45, 7) is 3.57. The molecule has 0 aliphatic rings. The summed E-state index contributed by atoms with van der Waals surface area (Å²) in [5, 5.41) is 6.26. The molecule has 8 nitrogen and oxygen atoms in total. The quantitative estimate of drug-likeness (QED) is 0.621. The maximum Gasteiger partial charge on any atom is 0.267 e. The molecule has 0 bridgehead atoms. The fourth-order valence-corrected chi connectivity index (χ4v) is 4.06. The van der Waals surface area contributed by atoms with Gasteiger partial charge in [0, 0.05) is 6.07 Å². The third-order valence-corrected chi connectivity index (χ3v) is 5.81. The van der Waals surface area contributed by atoms with Gasteiger partial charge in [0.25, 0.3) is 5.56 Å². The molecule has 0 spiro atoms. The van der Waals surface area contributed by atoms with Gasteiger partial charge >= 0.3 is 0 Å². The van der Waals surface area contributed by atoms with Crippen molar-refractivity contribution in [1.82, 2.24) is 9.78 Å². The molecule has 0 fully saturated rings. The highest BCUT2D eigenvalue weighted by molar-refractivity contribution is 7.91. The van der Waals surface area contributed by atoms with Crippen LogP contribution in [-0.2, 0) is 21.2 Å². The van der Waals surface area contributed by atoms with E-state index < -0.39 is 27.8 Å². The maximum absolute atomic E-state index is 12.8. The van der Waals surface area contributed by atoms with Crippen LogP contribution >= 0.6 is 0 Å². The summed E-state index contributed by atoms with van der Waals surface area (Å²) in [5.41, 5.74) is 0.629. The van der Waals surface area contributed by atoms with E-state index in [1.807, 2.05) is 6.92 Å². The molecule has 1 heterocycles. The Bertz CT molecular complexity index is 1240. The smallest absolute Gasteiger partial charge is 0.267 e. The Hall–Kier alpha value is -3.46. The van der Waals surface area contributed by atoms with E-state index in [0.717, 1.165) is 22.4 Å². The molecular weight excluding hydrogens is 406 g/mol. The standard InChI is InChI=1S/C21H21N3O5S/c1-3-29-18-10-5-4-9-17(18)22-19(25)14-24-21(26)12-11-20(23-24)30(27,28)16-8-6-7-15(2)13-16/h4-13H,3,14H2,1-2H3,(H,22,25). The van der Waals surface area contributed by atoms with Gasteiger partial charge in [-0.25, -0.2) is 13.1 Å². The molecule has 2 aromatic carbocycles. The highest BCUT2D eigenvalue weighted by Gasteiger charge is 2.21. The number of carbonyl (C=O) groups is 1. The van der Waals surface area contributed by atoms with E-state index in [2.05, 4.69) is 10.4 Å². The van der Waals surface area contributed by atoms with E-state index in [0.29, 0.717) is 18.0 Å². The van der Waals surface area contributed by atoms with Crippen molar-refractivity contribution in [3.63, 3.8) is 0 Å². The topological polar surface area (TPSA) is 107 Å². The van der Waals surface area contributed by atoms with E-state index in [9.17, 15) is 18.0 Å². The Morgan fingerprint density at radius 3 is 2.60 bits per heavy atom. The molecule has 0 unspecified atom stereocenters. The molecule has 0 aliphatic heterocycles. The number of hydrogen-bond acceptors (Lipinski definition) is 6. The fraction of sp³-hybridized carbons (Fsp3) is 0.190. The molecule has 9 heteroatoms. The third kappa shape index (κ3) is 4.74. The van der Waals surface area contributed by atoms with E-state index in [1.165, 1.54) is 12.1 Å². The summed E-state index contributed by atoms with van der Waals surface area (Å²) in [6, 6.07) is 15.5. The lowest BCUT2D eigenvalue weighted by molar-refractivity contribution is -0.117. The molecule has 1 aromatic heterocycles. The lowest BCUT2D eigenvalue weighted by Gasteiger charge is -2.12. The summed E-state index contributed by atoms with van der Waals surface area (Å²) < 4.78 is 32.0. The average molecular weight is 427 g/mol. The van der Waals surface area contributed by atoms with Gasteiger partial charge in [-0.05, 0) is 49.7 Å². The minimum atomic E-state index is -3.93. The van der Waals surface area contributed by atoms with E-state index in [1.54, 1.807) is 43.3 Å². The molecule has 156 valence electrons. The molecule has 0 radical (unpaired) electrons. The van der Waals surface area contributed by atoms with Gasteiger partial charge in [0.1, 0.15) is 12.3 Å². The summed E-state index contributed by atoms with van der Waals surface area (Å²) in [5.74, 6) is -0.0497. The summed E-state index contributed by atoms with van der Waals surface area (Å²) in [6.07, 6.45) is 0. The van der Waals surface area contributed by atoms with Crippen LogP contribution in [0.4, 0.5) is 5.69 Å². The Morgan fingerprint density at radius 1 is 1.10 bits per heavy atom. The second kappa shape index (κ2) is 8.91. The zero-order valence-corrected chi connectivity index (χ0v) is 17.3. The van der Waals surface area contributed by atoms with Gasteiger partial charge in [-0.1, -0.05) is 24.3 Å². The first-order valence-corrected chi connectivity index (χ1v) is 10.7. The minimum absolute atomic E-state index is 0.0651. The molecular formula is C21H21N3O5S. The van der Waals surface area contributed by atoms with Gasteiger partial charge in [-0.2, -0.15) is 5.10 Å². The van der Waals surface area contributed by atoms with Crippen LogP contribution in [0.5, 0.6) is 5.75 Å². The molecule has 1 N–H and O–H groups in total. The zero-order chi connectivity index (χ0) is 21.7. The van der Waals surface area contributed by atoms with Gasteiger partial charge in [-0.15, -0.1) is 0 Å². The Kier molecular flexibility index (Phi) is 6.31. The molecule has 0 atom stereocenters. The predicted octanol–water partition coefficient (Wildman–Crippen LogP) is 2.42. The second-order valence-electron chi connectivity index (χ2n) is 6.46. The van der Waals surface area contributed by atoms with Crippen LogP contribution in [0.2, 0.25) is 0 Å². The number of para-hydroxylation sites is 2. The largest absolute Gasteiger partial charge is 0.492 e. The first-order chi connectivity index (χ1) is 14.3. The van der Waals surface area contributed by atoms with Crippen LogP contribution in [0.1, 0.15) is 12.5 Å². The van der Waals surface area contributed by atoms with Crippen molar-refractivity contribution in [2.45, 2.75) is 30.3 Å². The summed E-state index contributed by atoms with van der Waals surface area (Å²) in [7, 11) is -3.93. The van der Waals surface area contributed by atoms with Crippen molar-refractivity contribution >= 4 is 21.4 Å². The Balaban J connectivity index is 1.86. The number of carbonyl (C=O) groups excluding carboxylic acids is 1. The number of nitrogens with zero attached hydrogens (tertiary/aromatic N) is 2. The van der Waals surface area contributed by atoms with Crippen molar-refractivity contribution in [1.29, 1.82) is 0 Å². The van der Waals surface area contributed by atoms with Crippen LogP contribution in [0, 0.1) is 6.92 Å². The highest BCUT2D eigenvalue weighted by atomic mass is 32.2. The zero-order valence-electron chi connectivity index (χ0n) is 16.5. The number of aromatic nitrogens is 2. The van der Waals surface area contributed by atoms with Crippen molar-refractivity contribution in [2.75, 3.05) is 11.9 Å². The Morgan fingerprint density at radius 2 is 1.87 bits per heavy atom. The van der Waals surface area contributed by atoms with Gasteiger partial charge in [0.2, 0.25) is 15.7 Å². The molecule has 0 aliphatic carbocycles. The van der Waals surface area contributed by atoms with Crippen LogP contribution in [0.3, 0.4) is 0 Å². The number of nitrogens with one attached hydrogen (secondary N) is 1. The van der Waals surface area contributed by atoms with E-state index in [4.69, 9.17) is 4.74 Å². The van der Waals surface area contributed by atoms with Crippen molar-refractivity contribution < 1.29 is 17.9 Å². The van der Waals surface area contributed by atoms with E-state index >= 15 is 0 Å². The number of rotatable bonds is 7. The number of amides is 1. The van der Waals surface area contributed by atoms with Crippen LogP contribution in [-0.4, -0.2) is 30.7 Å². The van der Waals surface area contributed by atoms with Gasteiger partial charge in [0.05, 0.1) is 17.2 Å². The van der Waals surface area contributed by atoms with Gasteiger partial charge in [-0.3, -0.25) is 9.59 Å². The van der Waals surface area contributed by atoms with Crippen LogP contribution < -0.4 is 15.6 Å². The maximum atomic E-state index is 12.8. The third-order valence-electron chi connectivity index (χ3n) is 4.17.